The van der Waals surface area contributed by atoms with Crippen molar-refractivity contribution in [1.29, 1.82) is 0 Å². The molecule has 2 aliphatic rings. The van der Waals surface area contributed by atoms with E-state index in [9.17, 15) is 8.78 Å². The number of benzene rings is 1. The summed E-state index contributed by atoms with van der Waals surface area (Å²) in [5.74, 6) is -1.07. The highest BCUT2D eigenvalue weighted by molar-refractivity contribution is 5.22. The number of halogens is 2. The predicted molar refractivity (Wildman–Crippen MR) is 78.0 cm³/mol. The van der Waals surface area contributed by atoms with E-state index in [-0.39, 0.29) is 11.7 Å². The SMILES string of the molecule is CC1(C)CCC2(CC1)CNCC(c1ccc(F)cc1F)O2. The lowest BCUT2D eigenvalue weighted by molar-refractivity contribution is -0.147. The lowest BCUT2D eigenvalue weighted by atomic mass is 9.70. The smallest absolute Gasteiger partial charge is 0.131 e. The molecular weight excluding hydrogens is 272 g/mol. The van der Waals surface area contributed by atoms with E-state index >= 15 is 0 Å². The summed E-state index contributed by atoms with van der Waals surface area (Å²) < 4.78 is 33.3. The quantitative estimate of drug-likeness (QED) is 0.846. The zero-order valence-electron chi connectivity index (χ0n) is 12.7. The Kier molecular flexibility index (Phi) is 3.78. The van der Waals surface area contributed by atoms with Crippen LogP contribution >= 0.6 is 0 Å². The van der Waals surface area contributed by atoms with Gasteiger partial charge in [0.05, 0.1) is 11.7 Å². The normalized spacial score (nSPS) is 27.7. The van der Waals surface area contributed by atoms with Crippen LogP contribution in [0.4, 0.5) is 8.78 Å². The molecule has 1 aromatic carbocycles. The minimum absolute atomic E-state index is 0.195. The topological polar surface area (TPSA) is 21.3 Å². The third-order valence-electron chi connectivity index (χ3n) is 4.99. The summed E-state index contributed by atoms with van der Waals surface area (Å²) >= 11 is 0. The average Bonchev–Trinajstić information content (AvgIpc) is 2.43. The number of hydrogen-bond acceptors (Lipinski definition) is 2. The second-order valence-electron chi connectivity index (χ2n) is 7.25. The Morgan fingerprint density at radius 3 is 2.52 bits per heavy atom. The molecule has 1 aromatic rings. The third-order valence-corrected chi connectivity index (χ3v) is 4.99. The van der Waals surface area contributed by atoms with E-state index in [1.165, 1.54) is 12.1 Å². The molecule has 1 saturated carbocycles. The van der Waals surface area contributed by atoms with Crippen LogP contribution in [0.2, 0.25) is 0 Å². The average molecular weight is 295 g/mol. The van der Waals surface area contributed by atoms with E-state index in [4.69, 9.17) is 4.74 Å². The fourth-order valence-corrected chi connectivity index (χ4v) is 3.43. The monoisotopic (exact) mass is 295 g/mol. The highest BCUT2D eigenvalue weighted by Gasteiger charge is 2.43. The van der Waals surface area contributed by atoms with Crippen molar-refractivity contribution >= 4 is 0 Å². The summed E-state index contributed by atoms with van der Waals surface area (Å²) in [5, 5.41) is 3.38. The summed E-state index contributed by atoms with van der Waals surface area (Å²) in [5.41, 5.74) is 0.620. The van der Waals surface area contributed by atoms with Crippen molar-refractivity contribution in [2.75, 3.05) is 13.1 Å². The maximum atomic E-state index is 14.0. The molecule has 4 heteroatoms. The number of rotatable bonds is 1. The maximum absolute atomic E-state index is 14.0. The van der Waals surface area contributed by atoms with Crippen molar-refractivity contribution in [2.24, 2.45) is 5.41 Å². The molecule has 0 aromatic heterocycles. The van der Waals surface area contributed by atoms with Gasteiger partial charge in [-0.15, -0.1) is 0 Å². The molecule has 1 aliphatic heterocycles. The minimum Gasteiger partial charge on any atom is -0.364 e. The molecule has 2 nitrogen and oxygen atoms in total. The molecule has 1 heterocycles. The number of hydrogen-bond donors (Lipinski definition) is 1. The van der Waals surface area contributed by atoms with Crippen LogP contribution in [0.3, 0.4) is 0 Å². The first kappa shape index (κ1) is 14.9. The van der Waals surface area contributed by atoms with Gasteiger partial charge >= 0.3 is 0 Å². The van der Waals surface area contributed by atoms with Crippen molar-refractivity contribution in [3.8, 4) is 0 Å². The van der Waals surface area contributed by atoms with Gasteiger partial charge in [0.25, 0.3) is 0 Å². The zero-order valence-corrected chi connectivity index (χ0v) is 12.7. The fraction of sp³-hybridized carbons (Fsp3) is 0.647. The number of nitrogens with one attached hydrogen (secondary N) is 1. The first-order valence-corrected chi connectivity index (χ1v) is 7.73. The van der Waals surface area contributed by atoms with E-state index in [0.717, 1.165) is 38.3 Å². The molecule has 1 N–H and O–H groups in total. The van der Waals surface area contributed by atoms with Crippen molar-refractivity contribution in [3.63, 3.8) is 0 Å². The van der Waals surface area contributed by atoms with E-state index in [0.29, 0.717) is 17.5 Å². The molecule has 3 rings (SSSR count). The first-order chi connectivity index (χ1) is 9.89. The molecule has 1 saturated heterocycles. The second kappa shape index (κ2) is 5.33. The van der Waals surface area contributed by atoms with Crippen LogP contribution in [0.15, 0.2) is 18.2 Å². The Bertz CT molecular complexity index is 520. The Morgan fingerprint density at radius 1 is 1.14 bits per heavy atom. The zero-order chi connectivity index (χ0) is 15.1. The highest BCUT2D eigenvalue weighted by Crippen LogP contribution is 2.45. The Balaban J connectivity index is 1.77. The highest BCUT2D eigenvalue weighted by atomic mass is 19.1. The predicted octanol–water partition coefficient (Wildman–Crippen LogP) is 3.96. The molecule has 116 valence electrons. The van der Waals surface area contributed by atoms with Crippen LogP contribution in [0, 0.1) is 17.0 Å². The van der Waals surface area contributed by atoms with Gasteiger partial charge in [-0.1, -0.05) is 19.9 Å². The maximum Gasteiger partial charge on any atom is 0.131 e. The lowest BCUT2D eigenvalue weighted by Crippen LogP contribution is -2.53. The van der Waals surface area contributed by atoms with Gasteiger partial charge in [0.15, 0.2) is 0 Å². The summed E-state index contributed by atoms with van der Waals surface area (Å²) in [4.78, 5) is 0. The van der Waals surface area contributed by atoms with E-state index < -0.39 is 11.6 Å². The molecule has 1 unspecified atom stereocenters. The summed E-state index contributed by atoms with van der Waals surface area (Å²) in [6.45, 7) is 5.97. The van der Waals surface area contributed by atoms with Gasteiger partial charge in [-0.2, -0.15) is 0 Å². The van der Waals surface area contributed by atoms with E-state index in [1.807, 2.05) is 0 Å². The van der Waals surface area contributed by atoms with Crippen molar-refractivity contribution in [3.05, 3.63) is 35.4 Å². The van der Waals surface area contributed by atoms with E-state index in [2.05, 4.69) is 19.2 Å². The first-order valence-electron chi connectivity index (χ1n) is 7.73. The Labute approximate surface area is 124 Å². The molecule has 1 spiro atoms. The van der Waals surface area contributed by atoms with Crippen LogP contribution in [0.25, 0.3) is 0 Å². The van der Waals surface area contributed by atoms with Gasteiger partial charge in [0, 0.05) is 24.7 Å². The summed E-state index contributed by atoms with van der Waals surface area (Å²) in [7, 11) is 0. The molecule has 1 aliphatic carbocycles. The number of morpholine rings is 1. The largest absolute Gasteiger partial charge is 0.364 e. The van der Waals surface area contributed by atoms with Crippen molar-refractivity contribution in [1.82, 2.24) is 5.32 Å². The molecule has 0 bridgehead atoms. The summed E-state index contributed by atoms with van der Waals surface area (Å²) in [6, 6.07) is 3.74. The molecule has 1 atom stereocenters. The molecule has 2 fully saturated rings. The minimum atomic E-state index is -0.547. The number of ether oxygens (including phenoxy) is 1. The van der Waals surface area contributed by atoms with Gasteiger partial charge in [-0.25, -0.2) is 8.78 Å². The van der Waals surface area contributed by atoms with Gasteiger partial charge < -0.3 is 10.1 Å². The summed E-state index contributed by atoms with van der Waals surface area (Å²) in [6.07, 6.45) is 3.89. The van der Waals surface area contributed by atoms with Crippen LogP contribution in [-0.4, -0.2) is 18.7 Å². The molecule has 21 heavy (non-hydrogen) atoms. The van der Waals surface area contributed by atoms with E-state index in [1.54, 1.807) is 0 Å². The van der Waals surface area contributed by atoms with Gasteiger partial charge in [0.1, 0.15) is 11.6 Å². The van der Waals surface area contributed by atoms with Crippen LogP contribution in [0.5, 0.6) is 0 Å². The van der Waals surface area contributed by atoms with Gasteiger partial charge in [0.2, 0.25) is 0 Å². The molecular formula is C17H23F2NO. The standard InChI is InChI=1S/C17H23F2NO/c1-16(2)5-7-17(8-6-16)11-20-10-15(21-17)13-4-3-12(18)9-14(13)19/h3-4,9,15,20H,5-8,10-11H2,1-2H3. The second-order valence-corrected chi connectivity index (χ2v) is 7.25. The lowest BCUT2D eigenvalue weighted by Gasteiger charge is -2.48. The fourth-order valence-electron chi connectivity index (χ4n) is 3.43. The Morgan fingerprint density at radius 2 is 1.86 bits per heavy atom. The third kappa shape index (κ3) is 3.11. The van der Waals surface area contributed by atoms with Gasteiger partial charge in [-0.05, 0) is 37.2 Å². The van der Waals surface area contributed by atoms with Gasteiger partial charge in [-0.3, -0.25) is 0 Å². The van der Waals surface area contributed by atoms with Crippen LogP contribution < -0.4 is 5.32 Å². The van der Waals surface area contributed by atoms with Crippen molar-refractivity contribution < 1.29 is 13.5 Å². The Hall–Kier alpha value is -1.00. The molecule has 0 amide bonds. The van der Waals surface area contributed by atoms with Crippen molar-refractivity contribution in [2.45, 2.75) is 51.2 Å². The van der Waals surface area contributed by atoms with Crippen LogP contribution in [0.1, 0.15) is 51.2 Å². The van der Waals surface area contributed by atoms with Crippen LogP contribution in [-0.2, 0) is 4.74 Å². The molecule has 0 radical (unpaired) electrons.